The van der Waals surface area contributed by atoms with Crippen LogP contribution in [-0.4, -0.2) is 11.1 Å². The fourth-order valence-corrected chi connectivity index (χ4v) is 3.12. The minimum absolute atomic E-state index is 0.230. The van der Waals surface area contributed by atoms with Crippen LogP contribution in [0.25, 0.3) is 10.9 Å². The van der Waals surface area contributed by atoms with Crippen LogP contribution < -0.4 is 5.73 Å². The third kappa shape index (κ3) is 2.87. The lowest BCUT2D eigenvalue weighted by Crippen LogP contribution is -2.02. The Morgan fingerprint density at radius 2 is 1.90 bits per heavy atom. The lowest BCUT2D eigenvalue weighted by Gasteiger charge is -2.08. The number of rotatable bonds is 4. The smallest absolute Gasteiger partial charge is 0.124 e. The Hall–Kier alpha value is -1.65. The van der Waals surface area contributed by atoms with Gasteiger partial charge in [0.1, 0.15) is 5.82 Å². The topological polar surface area (TPSA) is 30.9 Å². The van der Waals surface area contributed by atoms with E-state index in [2.05, 4.69) is 38.8 Å². The first-order chi connectivity index (χ1) is 10.2. The maximum Gasteiger partial charge on any atom is 0.124 e. The molecule has 0 saturated carbocycles. The largest absolute Gasteiger partial charge is 0.343 e. The summed E-state index contributed by atoms with van der Waals surface area (Å²) in [7, 11) is 0. The van der Waals surface area contributed by atoms with Gasteiger partial charge in [-0.2, -0.15) is 0 Å². The van der Waals surface area contributed by atoms with Gasteiger partial charge in [-0.25, -0.2) is 4.39 Å². The molecule has 0 spiro atoms. The van der Waals surface area contributed by atoms with Crippen molar-refractivity contribution in [3.8, 4) is 0 Å². The molecule has 0 bridgehead atoms. The van der Waals surface area contributed by atoms with E-state index >= 15 is 0 Å². The molecule has 0 unspecified atom stereocenters. The first-order valence-corrected chi connectivity index (χ1v) is 7.69. The lowest BCUT2D eigenvalue weighted by atomic mass is 10.1. The van der Waals surface area contributed by atoms with Crippen molar-refractivity contribution < 1.29 is 4.39 Å². The molecule has 4 heteroatoms. The zero-order chi connectivity index (χ0) is 14.8. The molecule has 0 fully saturated rings. The zero-order valence-corrected chi connectivity index (χ0v) is 13.1. The summed E-state index contributed by atoms with van der Waals surface area (Å²) in [4.78, 5) is 0. The molecule has 1 heterocycles. The Morgan fingerprint density at radius 3 is 2.67 bits per heavy atom. The molecule has 1 aromatic heterocycles. The fourth-order valence-electron chi connectivity index (χ4n) is 2.64. The molecule has 0 aliphatic carbocycles. The summed E-state index contributed by atoms with van der Waals surface area (Å²) in [5, 5.41) is 1.24. The van der Waals surface area contributed by atoms with Crippen LogP contribution in [0.5, 0.6) is 0 Å². The monoisotopic (exact) mass is 346 g/mol. The standard InChI is InChI=1S/C17H16BrFN2/c18-16-9-14(19)6-5-13(16)11-21-10-12(7-8-20)15-3-1-2-4-17(15)21/h1-6,9-10H,7-8,11,20H2. The van der Waals surface area contributed by atoms with Crippen LogP contribution in [0.3, 0.4) is 0 Å². The number of benzene rings is 2. The summed E-state index contributed by atoms with van der Waals surface area (Å²) in [5.41, 5.74) is 9.18. The number of hydrogen-bond donors (Lipinski definition) is 1. The van der Waals surface area contributed by atoms with Gasteiger partial charge in [0, 0.05) is 28.1 Å². The average Bonchev–Trinajstić information content (AvgIpc) is 2.81. The highest BCUT2D eigenvalue weighted by molar-refractivity contribution is 9.10. The van der Waals surface area contributed by atoms with Crippen LogP contribution in [0.1, 0.15) is 11.1 Å². The molecule has 108 valence electrons. The van der Waals surface area contributed by atoms with Gasteiger partial charge in [0.25, 0.3) is 0 Å². The molecular formula is C17H16BrFN2. The quantitative estimate of drug-likeness (QED) is 0.757. The van der Waals surface area contributed by atoms with Gasteiger partial charge in [0.05, 0.1) is 0 Å². The van der Waals surface area contributed by atoms with E-state index < -0.39 is 0 Å². The van der Waals surface area contributed by atoms with Gasteiger partial charge in [0.15, 0.2) is 0 Å². The van der Waals surface area contributed by atoms with Crippen LogP contribution in [0.2, 0.25) is 0 Å². The number of nitrogens with zero attached hydrogens (tertiary/aromatic N) is 1. The number of fused-ring (bicyclic) bond motifs is 1. The third-order valence-electron chi connectivity index (χ3n) is 3.64. The second-order valence-corrected chi connectivity index (χ2v) is 5.93. The van der Waals surface area contributed by atoms with E-state index in [0.717, 1.165) is 16.5 Å². The van der Waals surface area contributed by atoms with Gasteiger partial charge in [-0.3, -0.25) is 0 Å². The molecule has 21 heavy (non-hydrogen) atoms. The Balaban J connectivity index is 2.04. The van der Waals surface area contributed by atoms with Crippen LogP contribution in [-0.2, 0) is 13.0 Å². The summed E-state index contributed by atoms with van der Waals surface area (Å²) in [6, 6.07) is 13.1. The SMILES string of the molecule is NCCc1cn(Cc2ccc(F)cc2Br)c2ccccc12. The highest BCUT2D eigenvalue weighted by Crippen LogP contribution is 2.25. The Labute approximate surface area is 131 Å². The summed E-state index contributed by atoms with van der Waals surface area (Å²) in [5.74, 6) is -0.230. The van der Waals surface area contributed by atoms with Gasteiger partial charge >= 0.3 is 0 Å². The number of aromatic nitrogens is 1. The van der Waals surface area contributed by atoms with Crippen molar-refractivity contribution >= 4 is 26.8 Å². The van der Waals surface area contributed by atoms with Crippen LogP contribution in [0, 0.1) is 5.82 Å². The summed E-state index contributed by atoms with van der Waals surface area (Å²) < 4.78 is 16.2. The predicted octanol–water partition coefficient (Wildman–Crippen LogP) is 4.09. The number of hydrogen-bond acceptors (Lipinski definition) is 1. The first kappa shape index (κ1) is 14.3. The van der Waals surface area contributed by atoms with E-state index in [1.165, 1.54) is 28.6 Å². The van der Waals surface area contributed by atoms with Gasteiger partial charge in [-0.15, -0.1) is 0 Å². The van der Waals surface area contributed by atoms with E-state index in [1.54, 1.807) is 0 Å². The number of para-hydroxylation sites is 1. The minimum Gasteiger partial charge on any atom is -0.343 e. The Morgan fingerprint density at radius 1 is 1.10 bits per heavy atom. The molecule has 0 aliphatic rings. The predicted molar refractivity (Wildman–Crippen MR) is 87.9 cm³/mol. The average molecular weight is 347 g/mol. The summed E-state index contributed by atoms with van der Waals surface area (Å²) in [6.07, 6.45) is 3.01. The van der Waals surface area contributed by atoms with E-state index in [4.69, 9.17) is 5.73 Å². The second kappa shape index (κ2) is 6.00. The highest BCUT2D eigenvalue weighted by atomic mass is 79.9. The Bertz CT molecular complexity index is 780. The van der Waals surface area contributed by atoms with Crippen LogP contribution in [0.4, 0.5) is 4.39 Å². The molecule has 2 aromatic carbocycles. The van der Waals surface area contributed by atoms with E-state index in [0.29, 0.717) is 13.1 Å². The number of nitrogens with two attached hydrogens (primary N) is 1. The van der Waals surface area contributed by atoms with Crippen molar-refractivity contribution in [3.63, 3.8) is 0 Å². The minimum atomic E-state index is -0.230. The lowest BCUT2D eigenvalue weighted by molar-refractivity contribution is 0.625. The fraction of sp³-hybridized carbons (Fsp3) is 0.176. The zero-order valence-electron chi connectivity index (χ0n) is 11.5. The third-order valence-corrected chi connectivity index (χ3v) is 4.38. The van der Waals surface area contributed by atoms with Crippen molar-refractivity contribution in [2.24, 2.45) is 5.73 Å². The summed E-state index contributed by atoms with van der Waals surface area (Å²) >= 11 is 3.43. The Kier molecular flexibility index (Phi) is 4.08. The van der Waals surface area contributed by atoms with E-state index in [9.17, 15) is 4.39 Å². The van der Waals surface area contributed by atoms with Gasteiger partial charge in [-0.1, -0.05) is 40.2 Å². The first-order valence-electron chi connectivity index (χ1n) is 6.90. The molecule has 0 radical (unpaired) electrons. The maximum atomic E-state index is 13.2. The summed E-state index contributed by atoms with van der Waals surface area (Å²) in [6.45, 7) is 1.33. The van der Waals surface area contributed by atoms with E-state index in [-0.39, 0.29) is 5.82 Å². The van der Waals surface area contributed by atoms with Gasteiger partial charge in [0.2, 0.25) is 0 Å². The van der Waals surface area contributed by atoms with E-state index in [1.807, 2.05) is 18.2 Å². The van der Waals surface area contributed by atoms with Crippen LogP contribution >= 0.6 is 15.9 Å². The van der Waals surface area contributed by atoms with Crippen molar-refractivity contribution in [2.45, 2.75) is 13.0 Å². The molecule has 2 nitrogen and oxygen atoms in total. The molecule has 0 saturated heterocycles. The molecule has 2 N–H and O–H groups in total. The molecule has 3 rings (SSSR count). The molecule has 3 aromatic rings. The van der Waals surface area contributed by atoms with Gasteiger partial charge < -0.3 is 10.3 Å². The second-order valence-electron chi connectivity index (χ2n) is 5.07. The van der Waals surface area contributed by atoms with Crippen molar-refractivity contribution in [2.75, 3.05) is 6.54 Å². The molecule has 0 atom stereocenters. The molecular weight excluding hydrogens is 331 g/mol. The van der Waals surface area contributed by atoms with Crippen LogP contribution in [0.15, 0.2) is 53.1 Å². The van der Waals surface area contributed by atoms with Crippen molar-refractivity contribution in [3.05, 3.63) is 70.1 Å². The normalized spacial score (nSPS) is 11.2. The maximum absolute atomic E-state index is 13.2. The van der Waals surface area contributed by atoms with Crippen molar-refractivity contribution in [1.29, 1.82) is 0 Å². The molecule has 0 amide bonds. The van der Waals surface area contributed by atoms with Gasteiger partial charge in [-0.05, 0) is 42.3 Å². The highest BCUT2D eigenvalue weighted by Gasteiger charge is 2.09. The van der Waals surface area contributed by atoms with Crippen molar-refractivity contribution in [1.82, 2.24) is 4.57 Å². The molecule has 0 aliphatic heterocycles. The number of halogens is 2.